The molecule has 0 aromatic carbocycles. The Bertz CT molecular complexity index is 257. The summed E-state index contributed by atoms with van der Waals surface area (Å²) in [6.45, 7) is 4.23. The van der Waals surface area contributed by atoms with Crippen LogP contribution in [0.2, 0.25) is 0 Å². The average Bonchev–Trinajstić information content (AvgIpc) is 2.37. The van der Waals surface area contributed by atoms with Crippen molar-refractivity contribution in [2.75, 3.05) is 12.3 Å². The van der Waals surface area contributed by atoms with Crippen LogP contribution in [0.3, 0.4) is 0 Å². The summed E-state index contributed by atoms with van der Waals surface area (Å²) in [4.78, 5) is 24.5. The van der Waals surface area contributed by atoms with Crippen molar-refractivity contribution < 1.29 is 9.59 Å². The molecule has 1 atom stereocenters. The molecule has 0 spiro atoms. The molecule has 1 unspecified atom stereocenters. The second kappa shape index (κ2) is 4.21. The molecule has 1 fully saturated rings. The first-order valence-corrected chi connectivity index (χ1v) is 5.43. The van der Waals surface area contributed by atoms with Crippen molar-refractivity contribution >= 4 is 24.6 Å². The van der Waals surface area contributed by atoms with E-state index in [9.17, 15) is 9.59 Å². The highest BCUT2D eigenvalue weighted by Crippen LogP contribution is 2.19. The van der Waals surface area contributed by atoms with E-state index in [0.29, 0.717) is 12.3 Å². The zero-order valence-corrected chi connectivity index (χ0v) is 9.43. The monoisotopic (exact) mass is 216 g/mol. The number of hydrogen-bond donors (Lipinski definition) is 2. The molecule has 0 saturated carbocycles. The third kappa shape index (κ3) is 1.87. The zero-order chi connectivity index (χ0) is 10.8. The van der Waals surface area contributed by atoms with Gasteiger partial charge in [-0.05, 0) is 13.3 Å². The molecular formula is C9H16N2O2S. The SMILES string of the molecule is CCCCN1C(=O)NC(C)(CS)C1=O. The van der Waals surface area contributed by atoms with Crippen molar-refractivity contribution in [2.24, 2.45) is 0 Å². The zero-order valence-electron chi connectivity index (χ0n) is 8.54. The molecule has 3 amide bonds. The molecule has 0 aliphatic carbocycles. The Morgan fingerprint density at radius 3 is 2.57 bits per heavy atom. The average molecular weight is 216 g/mol. The lowest BCUT2D eigenvalue weighted by molar-refractivity contribution is -0.130. The van der Waals surface area contributed by atoms with Crippen LogP contribution in [0.15, 0.2) is 0 Å². The van der Waals surface area contributed by atoms with E-state index in [0.717, 1.165) is 12.8 Å². The summed E-state index contributed by atoms with van der Waals surface area (Å²) in [6, 6.07) is -0.292. The number of amides is 3. The Morgan fingerprint density at radius 2 is 2.14 bits per heavy atom. The lowest BCUT2D eigenvalue weighted by Crippen LogP contribution is -2.45. The fraction of sp³-hybridized carbons (Fsp3) is 0.778. The summed E-state index contributed by atoms with van der Waals surface area (Å²) in [5.74, 6) is 0.172. The van der Waals surface area contributed by atoms with Crippen LogP contribution < -0.4 is 5.32 Å². The van der Waals surface area contributed by atoms with Gasteiger partial charge < -0.3 is 5.32 Å². The normalized spacial score (nSPS) is 26.9. The fourth-order valence-electron chi connectivity index (χ4n) is 1.37. The number of nitrogens with one attached hydrogen (secondary N) is 1. The summed E-state index contributed by atoms with van der Waals surface area (Å²) in [6.07, 6.45) is 1.82. The van der Waals surface area contributed by atoms with Crippen LogP contribution in [0, 0.1) is 0 Å². The largest absolute Gasteiger partial charge is 0.325 e. The molecule has 80 valence electrons. The Hall–Kier alpha value is -0.710. The summed E-state index contributed by atoms with van der Waals surface area (Å²) in [5, 5.41) is 2.65. The van der Waals surface area contributed by atoms with Crippen LogP contribution in [-0.2, 0) is 4.79 Å². The molecule has 0 aromatic rings. The number of rotatable bonds is 4. The van der Waals surface area contributed by atoms with Crippen LogP contribution in [0.1, 0.15) is 26.7 Å². The molecule has 14 heavy (non-hydrogen) atoms. The lowest BCUT2D eigenvalue weighted by atomic mass is 10.1. The number of carbonyl (C=O) groups is 2. The summed E-state index contributed by atoms with van der Waals surface area (Å²) in [7, 11) is 0. The highest BCUT2D eigenvalue weighted by molar-refractivity contribution is 7.80. The number of imide groups is 1. The van der Waals surface area contributed by atoms with E-state index >= 15 is 0 Å². The molecule has 1 N–H and O–H groups in total. The third-order valence-electron chi connectivity index (χ3n) is 2.40. The quantitative estimate of drug-likeness (QED) is 0.544. The first kappa shape index (κ1) is 11.4. The Balaban J connectivity index is 2.70. The minimum absolute atomic E-state index is 0.161. The first-order valence-electron chi connectivity index (χ1n) is 4.80. The van der Waals surface area contributed by atoms with Crippen molar-refractivity contribution in [3.63, 3.8) is 0 Å². The molecule has 0 bridgehead atoms. The van der Waals surface area contributed by atoms with E-state index in [2.05, 4.69) is 17.9 Å². The molecule has 1 aliphatic heterocycles. The van der Waals surface area contributed by atoms with Gasteiger partial charge in [-0.15, -0.1) is 0 Å². The maximum Gasteiger partial charge on any atom is 0.325 e. The number of nitrogens with zero attached hydrogens (tertiary/aromatic N) is 1. The predicted octanol–water partition coefficient (Wildman–Crippen LogP) is 1.03. The van der Waals surface area contributed by atoms with Gasteiger partial charge in [0.25, 0.3) is 5.91 Å². The van der Waals surface area contributed by atoms with E-state index in [1.807, 2.05) is 6.92 Å². The van der Waals surface area contributed by atoms with Gasteiger partial charge >= 0.3 is 6.03 Å². The lowest BCUT2D eigenvalue weighted by Gasteiger charge is -2.18. The Kier molecular flexibility index (Phi) is 3.42. The van der Waals surface area contributed by atoms with Gasteiger partial charge in [0.2, 0.25) is 0 Å². The standard InChI is InChI=1S/C9H16N2O2S/c1-3-4-5-11-7(12)9(2,6-14)10-8(11)13/h14H,3-6H2,1-2H3,(H,10,13). The summed E-state index contributed by atoms with van der Waals surface area (Å²) < 4.78 is 0. The molecule has 4 nitrogen and oxygen atoms in total. The Labute approximate surface area is 89.4 Å². The van der Waals surface area contributed by atoms with Crippen molar-refractivity contribution in [3.05, 3.63) is 0 Å². The summed E-state index contributed by atoms with van der Waals surface area (Å²) >= 11 is 4.07. The molecular weight excluding hydrogens is 200 g/mol. The number of unbranched alkanes of at least 4 members (excludes halogenated alkanes) is 1. The molecule has 5 heteroatoms. The molecule has 1 heterocycles. The van der Waals surface area contributed by atoms with Gasteiger partial charge in [0.1, 0.15) is 5.54 Å². The molecule has 0 aromatic heterocycles. The maximum atomic E-state index is 11.8. The molecule has 1 saturated heterocycles. The van der Waals surface area contributed by atoms with Gasteiger partial charge in [0.05, 0.1) is 0 Å². The second-order valence-electron chi connectivity index (χ2n) is 3.73. The minimum atomic E-state index is -0.812. The van der Waals surface area contributed by atoms with Crippen LogP contribution in [0.4, 0.5) is 4.79 Å². The van der Waals surface area contributed by atoms with E-state index < -0.39 is 5.54 Å². The van der Waals surface area contributed by atoms with Gasteiger partial charge in [0.15, 0.2) is 0 Å². The fourth-order valence-corrected chi connectivity index (χ4v) is 1.59. The van der Waals surface area contributed by atoms with Crippen molar-refractivity contribution in [2.45, 2.75) is 32.2 Å². The molecule has 0 radical (unpaired) electrons. The van der Waals surface area contributed by atoms with E-state index in [1.54, 1.807) is 6.92 Å². The van der Waals surface area contributed by atoms with Crippen LogP contribution >= 0.6 is 12.6 Å². The maximum absolute atomic E-state index is 11.8. The Morgan fingerprint density at radius 1 is 1.50 bits per heavy atom. The highest BCUT2D eigenvalue weighted by Gasteiger charge is 2.46. The number of carbonyl (C=O) groups excluding carboxylic acids is 2. The van der Waals surface area contributed by atoms with E-state index in [-0.39, 0.29) is 11.9 Å². The third-order valence-corrected chi connectivity index (χ3v) is 3.03. The van der Waals surface area contributed by atoms with Gasteiger partial charge in [-0.25, -0.2) is 4.79 Å². The van der Waals surface area contributed by atoms with Gasteiger partial charge in [-0.2, -0.15) is 12.6 Å². The van der Waals surface area contributed by atoms with Gasteiger partial charge in [-0.3, -0.25) is 9.69 Å². The van der Waals surface area contributed by atoms with Crippen LogP contribution in [0.5, 0.6) is 0 Å². The first-order chi connectivity index (χ1) is 6.55. The minimum Gasteiger partial charge on any atom is -0.323 e. The van der Waals surface area contributed by atoms with Crippen molar-refractivity contribution in [1.82, 2.24) is 10.2 Å². The number of thiol groups is 1. The topological polar surface area (TPSA) is 49.4 Å². The molecule has 1 aliphatic rings. The van der Waals surface area contributed by atoms with E-state index in [1.165, 1.54) is 4.90 Å². The van der Waals surface area contributed by atoms with Gasteiger partial charge in [-0.1, -0.05) is 13.3 Å². The number of hydrogen-bond acceptors (Lipinski definition) is 3. The van der Waals surface area contributed by atoms with Gasteiger partial charge in [0, 0.05) is 12.3 Å². The van der Waals surface area contributed by atoms with Crippen molar-refractivity contribution in [1.29, 1.82) is 0 Å². The van der Waals surface area contributed by atoms with Crippen LogP contribution in [-0.4, -0.2) is 34.7 Å². The molecule has 1 rings (SSSR count). The second-order valence-corrected chi connectivity index (χ2v) is 4.05. The van der Waals surface area contributed by atoms with Crippen molar-refractivity contribution in [3.8, 4) is 0 Å². The summed E-state index contributed by atoms with van der Waals surface area (Å²) in [5.41, 5.74) is -0.812. The van der Waals surface area contributed by atoms with E-state index in [4.69, 9.17) is 0 Å². The van der Waals surface area contributed by atoms with Crippen LogP contribution in [0.25, 0.3) is 0 Å². The predicted molar refractivity (Wildman–Crippen MR) is 57.4 cm³/mol. The highest BCUT2D eigenvalue weighted by atomic mass is 32.1. The number of urea groups is 1. The smallest absolute Gasteiger partial charge is 0.323 e.